The third-order valence-electron chi connectivity index (χ3n) is 6.59. The molecule has 2 heterocycles. The van der Waals surface area contributed by atoms with Gasteiger partial charge in [0.25, 0.3) is 5.91 Å². The number of anilines is 1. The monoisotopic (exact) mass is 356 g/mol. The van der Waals surface area contributed by atoms with E-state index in [1.165, 1.54) is 51.5 Å². The van der Waals surface area contributed by atoms with Gasteiger partial charge in [-0.25, -0.2) is 0 Å². The second-order valence-corrected chi connectivity index (χ2v) is 8.32. The zero-order chi connectivity index (χ0) is 17.8. The molecule has 1 atom stereocenters. The molecular weight excluding hydrogens is 324 g/mol. The van der Waals surface area contributed by atoms with E-state index in [0.717, 1.165) is 31.1 Å². The van der Waals surface area contributed by atoms with E-state index in [2.05, 4.69) is 4.90 Å². The summed E-state index contributed by atoms with van der Waals surface area (Å²) in [5.41, 5.74) is 0.841. The molecule has 1 spiro atoms. The van der Waals surface area contributed by atoms with E-state index >= 15 is 0 Å². The van der Waals surface area contributed by atoms with Gasteiger partial charge in [0, 0.05) is 18.3 Å². The fraction of sp³-hybridized carbons (Fsp3) is 0.682. The van der Waals surface area contributed by atoms with E-state index in [1.807, 2.05) is 35.2 Å². The van der Waals surface area contributed by atoms with Gasteiger partial charge in [0.1, 0.15) is 6.61 Å². The van der Waals surface area contributed by atoms with Crippen molar-refractivity contribution in [3.8, 4) is 0 Å². The highest BCUT2D eigenvalue weighted by Crippen LogP contribution is 2.34. The maximum atomic E-state index is 12.4. The van der Waals surface area contributed by atoms with Crippen LogP contribution in [0.5, 0.6) is 0 Å². The summed E-state index contributed by atoms with van der Waals surface area (Å²) >= 11 is 0. The van der Waals surface area contributed by atoms with Crippen molar-refractivity contribution in [2.24, 2.45) is 0 Å². The van der Waals surface area contributed by atoms with Gasteiger partial charge < -0.3 is 14.5 Å². The Balaban J connectivity index is 1.44. The molecular formula is C22H32N2O2. The number of amides is 1. The van der Waals surface area contributed by atoms with Crippen molar-refractivity contribution in [2.75, 3.05) is 31.1 Å². The Bertz CT molecular complexity index is 597. The molecule has 1 amide bonds. The van der Waals surface area contributed by atoms with Crippen molar-refractivity contribution < 1.29 is 9.53 Å². The molecule has 1 aromatic rings. The molecule has 1 aromatic carbocycles. The molecule has 0 radical (unpaired) electrons. The third kappa shape index (κ3) is 3.96. The van der Waals surface area contributed by atoms with Crippen molar-refractivity contribution >= 4 is 11.6 Å². The average Bonchev–Trinajstić information content (AvgIpc) is 3.06. The Kier molecular flexibility index (Phi) is 5.60. The van der Waals surface area contributed by atoms with E-state index in [1.54, 1.807) is 0 Å². The summed E-state index contributed by atoms with van der Waals surface area (Å²) in [5, 5.41) is 0. The van der Waals surface area contributed by atoms with Gasteiger partial charge in [-0.05, 0) is 50.8 Å². The SMILES string of the molecule is O=C1COC2(CCCN(C3CCCCCC3)CC2)CN1c1ccccc1. The van der Waals surface area contributed by atoms with Crippen LogP contribution in [0, 0.1) is 0 Å². The molecule has 2 saturated heterocycles. The van der Waals surface area contributed by atoms with Crippen LogP contribution in [-0.4, -0.2) is 48.7 Å². The Morgan fingerprint density at radius 2 is 1.69 bits per heavy atom. The van der Waals surface area contributed by atoms with Crippen molar-refractivity contribution in [1.29, 1.82) is 0 Å². The van der Waals surface area contributed by atoms with Crippen LogP contribution < -0.4 is 4.90 Å². The van der Waals surface area contributed by atoms with E-state index in [0.29, 0.717) is 6.54 Å². The average molecular weight is 357 g/mol. The predicted octanol–water partition coefficient (Wildman–Crippen LogP) is 4.00. The first-order chi connectivity index (χ1) is 12.8. The quantitative estimate of drug-likeness (QED) is 0.751. The van der Waals surface area contributed by atoms with Crippen LogP contribution in [-0.2, 0) is 9.53 Å². The number of morpholine rings is 1. The van der Waals surface area contributed by atoms with Gasteiger partial charge in [-0.2, -0.15) is 0 Å². The van der Waals surface area contributed by atoms with Crippen LogP contribution in [0.3, 0.4) is 0 Å². The summed E-state index contributed by atoms with van der Waals surface area (Å²) in [6, 6.07) is 10.8. The van der Waals surface area contributed by atoms with E-state index in [9.17, 15) is 4.79 Å². The van der Waals surface area contributed by atoms with Gasteiger partial charge in [-0.1, -0.05) is 43.9 Å². The van der Waals surface area contributed by atoms with Gasteiger partial charge in [-0.15, -0.1) is 0 Å². The third-order valence-corrected chi connectivity index (χ3v) is 6.59. The van der Waals surface area contributed by atoms with Crippen LogP contribution >= 0.6 is 0 Å². The molecule has 1 aliphatic carbocycles. The van der Waals surface area contributed by atoms with Gasteiger partial charge in [-0.3, -0.25) is 4.79 Å². The van der Waals surface area contributed by atoms with E-state index < -0.39 is 0 Å². The first-order valence-electron chi connectivity index (χ1n) is 10.5. The lowest BCUT2D eigenvalue weighted by molar-refractivity contribution is -0.140. The maximum Gasteiger partial charge on any atom is 0.253 e. The van der Waals surface area contributed by atoms with Crippen molar-refractivity contribution in [2.45, 2.75) is 69.4 Å². The minimum absolute atomic E-state index is 0.0895. The molecule has 4 heteroatoms. The summed E-state index contributed by atoms with van der Waals surface area (Å²) in [5.74, 6) is 0.0895. The number of carbonyl (C=O) groups excluding carboxylic acids is 1. The van der Waals surface area contributed by atoms with Gasteiger partial charge in [0.15, 0.2) is 0 Å². The molecule has 0 N–H and O–H groups in total. The summed E-state index contributed by atoms with van der Waals surface area (Å²) in [7, 11) is 0. The molecule has 3 aliphatic rings. The minimum Gasteiger partial charge on any atom is -0.363 e. The number of ether oxygens (including phenoxy) is 1. The van der Waals surface area contributed by atoms with Gasteiger partial charge in [0.2, 0.25) is 0 Å². The Labute approximate surface area is 157 Å². The summed E-state index contributed by atoms with van der Waals surface area (Å²) < 4.78 is 6.19. The zero-order valence-corrected chi connectivity index (χ0v) is 15.9. The standard InChI is InChI=1S/C22H32N2O2/c25-21-17-26-22(18-24(21)20-11-6-3-7-12-20)13-8-15-23(16-14-22)19-9-4-1-2-5-10-19/h3,6-7,11-12,19H,1-2,4-5,8-10,13-18H2. The maximum absolute atomic E-state index is 12.4. The van der Waals surface area contributed by atoms with Crippen LogP contribution in [0.25, 0.3) is 0 Å². The Morgan fingerprint density at radius 3 is 2.46 bits per heavy atom. The second-order valence-electron chi connectivity index (χ2n) is 8.32. The van der Waals surface area contributed by atoms with Crippen LogP contribution in [0.15, 0.2) is 30.3 Å². The highest BCUT2D eigenvalue weighted by atomic mass is 16.5. The first kappa shape index (κ1) is 18.0. The van der Waals surface area contributed by atoms with E-state index in [-0.39, 0.29) is 18.1 Å². The molecule has 3 fully saturated rings. The number of likely N-dealkylation sites (tertiary alicyclic amines) is 1. The smallest absolute Gasteiger partial charge is 0.253 e. The Hall–Kier alpha value is -1.39. The van der Waals surface area contributed by atoms with E-state index in [4.69, 9.17) is 4.74 Å². The minimum atomic E-state index is -0.163. The largest absolute Gasteiger partial charge is 0.363 e. The molecule has 1 saturated carbocycles. The lowest BCUT2D eigenvalue weighted by atomic mass is 9.92. The number of rotatable bonds is 2. The van der Waals surface area contributed by atoms with Crippen molar-refractivity contribution in [3.63, 3.8) is 0 Å². The predicted molar refractivity (Wildman–Crippen MR) is 104 cm³/mol. The van der Waals surface area contributed by atoms with Crippen molar-refractivity contribution in [3.05, 3.63) is 30.3 Å². The second kappa shape index (κ2) is 8.10. The number of hydrogen-bond donors (Lipinski definition) is 0. The molecule has 4 nitrogen and oxygen atoms in total. The molecule has 26 heavy (non-hydrogen) atoms. The number of para-hydroxylation sites is 1. The number of benzene rings is 1. The van der Waals surface area contributed by atoms with Gasteiger partial charge >= 0.3 is 0 Å². The molecule has 1 unspecified atom stereocenters. The van der Waals surface area contributed by atoms with Gasteiger partial charge in [0.05, 0.1) is 12.1 Å². The number of hydrogen-bond acceptors (Lipinski definition) is 3. The molecule has 142 valence electrons. The molecule has 2 aliphatic heterocycles. The fourth-order valence-corrected chi connectivity index (χ4v) is 5.04. The molecule has 0 bridgehead atoms. The normalized spacial score (nSPS) is 29.5. The number of nitrogens with zero attached hydrogens (tertiary/aromatic N) is 2. The summed E-state index contributed by atoms with van der Waals surface area (Å²) in [6.45, 7) is 3.23. The molecule has 0 aromatic heterocycles. The lowest BCUT2D eigenvalue weighted by Crippen LogP contribution is -2.55. The highest BCUT2D eigenvalue weighted by Gasteiger charge is 2.42. The lowest BCUT2D eigenvalue weighted by Gasteiger charge is -2.42. The highest BCUT2D eigenvalue weighted by molar-refractivity contribution is 5.95. The fourth-order valence-electron chi connectivity index (χ4n) is 5.04. The van der Waals surface area contributed by atoms with Crippen LogP contribution in [0.1, 0.15) is 57.8 Å². The van der Waals surface area contributed by atoms with Crippen LogP contribution in [0.4, 0.5) is 5.69 Å². The zero-order valence-electron chi connectivity index (χ0n) is 15.9. The summed E-state index contributed by atoms with van der Waals surface area (Å²) in [6.07, 6.45) is 11.6. The summed E-state index contributed by atoms with van der Waals surface area (Å²) in [4.78, 5) is 17.1. The first-order valence-corrected chi connectivity index (χ1v) is 10.5. The number of carbonyl (C=O) groups is 1. The van der Waals surface area contributed by atoms with Crippen LogP contribution in [0.2, 0.25) is 0 Å². The molecule has 4 rings (SSSR count). The topological polar surface area (TPSA) is 32.8 Å². The van der Waals surface area contributed by atoms with Crippen molar-refractivity contribution in [1.82, 2.24) is 4.90 Å². The Morgan fingerprint density at radius 1 is 0.923 bits per heavy atom.